The van der Waals surface area contributed by atoms with Crippen molar-refractivity contribution < 1.29 is 9.47 Å². The van der Waals surface area contributed by atoms with Crippen LogP contribution in [0.5, 0.6) is 0 Å². The minimum Gasteiger partial charge on any atom is -0.350 e. The van der Waals surface area contributed by atoms with Crippen LogP contribution in [0.25, 0.3) is 11.4 Å². The van der Waals surface area contributed by atoms with Gasteiger partial charge in [0, 0.05) is 32.9 Å². The number of hydrogen-bond acceptors (Lipinski definition) is 4. The van der Waals surface area contributed by atoms with Crippen LogP contribution >= 0.6 is 0 Å². The minimum absolute atomic E-state index is 0.453. The monoisotopic (exact) mass is 331 g/mol. The summed E-state index contributed by atoms with van der Waals surface area (Å²) in [6, 6.07) is 10.3. The van der Waals surface area contributed by atoms with E-state index in [9.17, 15) is 0 Å². The molecule has 0 aliphatic rings. The number of benzene rings is 1. The molecule has 5 heteroatoms. The molecular weight excluding hydrogens is 302 g/mol. The molecule has 0 unspecified atom stereocenters. The number of methoxy groups -OCH3 is 2. The van der Waals surface area contributed by atoms with Crippen LogP contribution in [0.15, 0.2) is 30.3 Å². The Morgan fingerprint density at radius 3 is 2.33 bits per heavy atom. The normalized spacial score (nSPS) is 11.6. The van der Waals surface area contributed by atoms with Crippen LogP contribution in [0, 0.1) is 0 Å². The second-order valence-electron chi connectivity index (χ2n) is 6.18. The third-order valence-electron chi connectivity index (χ3n) is 3.99. The molecule has 0 atom stereocenters. The van der Waals surface area contributed by atoms with Crippen molar-refractivity contribution in [3.05, 3.63) is 41.7 Å². The molecule has 0 saturated carbocycles. The Hall–Kier alpha value is -1.69. The second kappa shape index (κ2) is 8.97. The maximum atomic E-state index is 5.50. The number of unbranched alkanes of at least 4 members (excludes halogenated alkanes) is 1. The molecule has 5 nitrogen and oxygen atoms in total. The number of hydrogen-bond donors (Lipinski definition) is 0. The Bertz CT molecular complexity index is 619. The second-order valence-corrected chi connectivity index (χ2v) is 6.18. The van der Waals surface area contributed by atoms with Crippen molar-refractivity contribution in [1.82, 2.24) is 14.5 Å². The lowest BCUT2D eigenvalue weighted by Gasteiger charge is -2.18. The van der Waals surface area contributed by atoms with Gasteiger partial charge in [0.25, 0.3) is 0 Å². The number of imidazole rings is 1. The van der Waals surface area contributed by atoms with Crippen LogP contribution in [0.2, 0.25) is 0 Å². The van der Waals surface area contributed by atoms with Gasteiger partial charge in [-0.25, -0.2) is 4.98 Å². The van der Waals surface area contributed by atoms with Gasteiger partial charge in [0.1, 0.15) is 11.5 Å². The summed E-state index contributed by atoms with van der Waals surface area (Å²) in [6.45, 7) is 3.94. The zero-order valence-electron chi connectivity index (χ0n) is 15.5. The van der Waals surface area contributed by atoms with E-state index in [0.29, 0.717) is 0 Å². The molecule has 0 fully saturated rings. The highest BCUT2D eigenvalue weighted by atomic mass is 16.7. The molecule has 1 aromatic heterocycles. The molecule has 0 N–H and O–H groups in total. The van der Waals surface area contributed by atoms with Crippen molar-refractivity contribution in [2.24, 2.45) is 0 Å². The molecule has 132 valence electrons. The molecule has 0 aliphatic heterocycles. The van der Waals surface area contributed by atoms with Crippen LogP contribution in [0.4, 0.5) is 0 Å². The number of aromatic nitrogens is 2. The molecule has 0 aliphatic carbocycles. The maximum absolute atomic E-state index is 5.50. The maximum Gasteiger partial charge on any atom is 0.202 e. The van der Waals surface area contributed by atoms with E-state index in [1.165, 1.54) is 0 Å². The highest BCUT2D eigenvalue weighted by molar-refractivity contribution is 5.57. The third-order valence-corrected chi connectivity index (χ3v) is 3.99. The van der Waals surface area contributed by atoms with Gasteiger partial charge in [0.15, 0.2) is 0 Å². The van der Waals surface area contributed by atoms with E-state index in [0.717, 1.165) is 48.7 Å². The van der Waals surface area contributed by atoms with Crippen LogP contribution in [-0.2, 0) is 22.6 Å². The summed E-state index contributed by atoms with van der Waals surface area (Å²) in [4.78, 5) is 7.07. The molecule has 24 heavy (non-hydrogen) atoms. The molecule has 2 aromatic rings. The quantitative estimate of drug-likeness (QED) is 0.657. The zero-order valence-corrected chi connectivity index (χ0v) is 15.5. The van der Waals surface area contributed by atoms with Gasteiger partial charge in [0.05, 0.1) is 5.69 Å². The van der Waals surface area contributed by atoms with Crippen molar-refractivity contribution in [3.8, 4) is 11.4 Å². The molecule has 0 radical (unpaired) electrons. The summed E-state index contributed by atoms with van der Waals surface area (Å²) in [7, 11) is 7.44. The topological polar surface area (TPSA) is 39.5 Å². The molecule has 0 saturated heterocycles. The van der Waals surface area contributed by atoms with Crippen molar-refractivity contribution in [2.75, 3.05) is 28.3 Å². The summed E-state index contributed by atoms with van der Waals surface area (Å²) >= 11 is 0. The minimum atomic E-state index is -0.453. The van der Waals surface area contributed by atoms with E-state index in [1.54, 1.807) is 14.2 Å². The van der Waals surface area contributed by atoms with E-state index < -0.39 is 6.29 Å². The molecule has 1 heterocycles. The highest BCUT2D eigenvalue weighted by Crippen LogP contribution is 2.29. The molecule has 2 rings (SSSR count). The highest BCUT2D eigenvalue weighted by Gasteiger charge is 2.24. The van der Waals surface area contributed by atoms with E-state index in [1.807, 2.05) is 18.2 Å². The van der Waals surface area contributed by atoms with Gasteiger partial charge < -0.3 is 18.9 Å². The number of rotatable bonds is 9. The first-order valence-corrected chi connectivity index (χ1v) is 8.47. The van der Waals surface area contributed by atoms with Crippen LogP contribution in [0.3, 0.4) is 0 Å². The molecular formula is C19H29N3O2. The lowest BCUT2D eigenvalue weighted by molar-refractivity contribution is -0.109. The Labute approximate surface area is 145 Å². The van der Waals surface area contributed by atoms with Gasteiger partial charge in [-0.1, -0.05) is 43.7 Å². The summed E-state index contributed by atoms with van der Waals surface area (Å²) in [5, 5.41) is 0. The average Bonchev–Trinajstić information content (AvgIpc) is 2.93. The van der Waals surface area contributed by atoms with Crippen molar-refractivity contribution >= 4 is 0 Å². The van der Waals surface area contributed by atoms with Gasteiger partial charge in [0.2, 0.25) is 6.29 Å². The van der Waals surface area contributed by atoms with E-state index in [-0.39, 0.29) is 0 Å². The Balaban J connectivity index is 2.59. The van der Waals surface area contributed by atoms with E-state index >= 15 is 0 Å². The first kappa shape index (κ1) is 18.6. The summed E-state index contributed by atoms with van der Waals surface area (Å²) in [5.41, 5.74) is 3.13. The third kappa shape index (κ3) is 4.23. The van der Waals surface area contributed by atoms with Gasteiger partial charge in [-0.2, -0.15) is 0 Å². The molecule has 0 bridgehead atoms. The SMILES string of the molecule is CCCCn1c(-c2ccccc2)nc(C(OC)OC)c1CN(C)C. The van der Waals surface area contributed by atoms with Gasteiger partial charge in [-0.05, 0) is 20.5 Å². The Kier molecular flexibility index (Phi) is 6.97. The van der Waals surface area contributed by atoms with Crippen LogP contribution in [-0.4, -0.2) is 42.8 Å². The van der Waals surface area contributed by atoms with Gasteiger partial charge in [-0.15, -0.1) is 0 Å². The lowest BCUT2D eigenvalue weighted by atomic mass is 10.2. The fourth-order valence-electron chi connectivity index (χ4n) is 2.84. The van der Waals surface area contributed by atoms with Crippen LogP contribution in [0.1, 0.15) is 37.4 Å². The molecule has 0 spiro atoms. The molecule has 1 aromatic carbocycles. The van der Waals surface area contributed by atoms with E-state index in [2.05, 4.69) is 42.6 Å². The average molecular weight is 331 g/mol. The Morgan fingerprint density at radius 1 is 1.12 bits per heavy atom. The summed E-state index contributed by atoms with van der Waals surface area (Å²) in [5.74, 6) is 0.981. The van der Waals surface area contributed by atoms with E-state index in [4.69, 9.17) is 14.5 Å². The number of ether oxygens (including phenoxy) is 2. The summed E-state index contributed by atoms with van der Waals surface area (Å²) < 4.78 is 13.3. The predicted molar refractivity (Wildman–Crippen MR) is 96.7 cm³/mol. The van der Waals surface area contributed by atoms with Gasteiger partial charge >= 0.3 is 0 Å². The fraction of sp³-hybridized carbons (Fsp3) is 0.526. The fourth-order valence-corrected chi connectivity index (χ4v) is 2.84. The predicted octanol–water partition coefficient (Wildman–Crippen LogP) is 3.70. The number of nitrogens with zero attached hydrogens (tertiary/aromatic N) is 3. The Morgan fingerprint density at radius 2 is 1.79 bits per heavy atom. The van der Waals surface area contributed by atoms with Crippen LogP contribution < -0.4 is 0 Å². The smallest absolute Gasteiger partial charge is 0.202 e. The van der Waals surface area contributed by atoms with Crippen molar-refractivity contribution in [2.45, 2.75) is 39.1 Å². The van der Waals surface area contributed by atoms with Crippen molar-refractivity contribution in [3.63, 3.8) is 0 Å². The standard InChI is InChI=1S/C19H29N3O2/c1-6-7-13-22-16(14-21(2)3)17(19(23-4)24-5)20-18(22)15-11-9-8-10-12-15/h8-12,19H,6-7,13-14H2,1-5H3. The zero-order chi connectivity index (χ0) is 17.5. The van der Waals surface area contributed by atoms with Gasteiger partial charge in [-0.3, -0.25) is 0 Å². The largest absolute Gasteiger partial charge is 0.350 e. The first-order chi connectivity index (χ1) is 11.6. The molecule has 0 amide bonds. The lowest BCUT2D eigenvalue weighted by Crippen LogP contribution is -2.18. The van der Waals surface area contributed by atoms with Crippen molar-refractivity contribution in [1.29, 1.82) is 0 Å². The summed E-state index contributed by atoms with van der Waals surface area (Å²) in [6.07, 6.45) is 1.80. The first-order valence-electron chi connectivity index (χ1n) is 8.47.